The van der Waals surface area contributed by atoms with Gasteiger partial charge in [-0.2, -0.15) is 5.10 Å². The van der Waals surface area contributed by atoms with Crippen LogP contribution in [0.25, 0.3) is 0 Å². The first-order valence-electron chi connectivity index (χ1n) is 6.46. The molecule has 4 heteroatoms. The fourth-order valence-electron chi connectivity index (χ4n) is 1.76. The minimum Gasteiger partial charge on any atom is -0.382 e. The van der Waals surface area contributed by atoms with E-state index in [4.69, 9.17) is 4.74 Å². The molecular formula is C13H25N3O. The van der Waals surface area contributed by atoms with E-state index in [2.05, 4.69) is 35.9 Å². The van der Waals surface area contributed by atoms with Crippen LogP contribution in [-0.4, -0.2) is 36.1 Å². The van der Waals surface area contributed by atoms with Crippen molar-refractivity contribution < 1.29 is 4.74 Å². The van der Waals surface area contributed by atoms with Gasteiger partial charge in [-0.05, 0) is 46.2 Å². The van der Waals surface area contributed by atoms with Crippen LogP contribution in [0.3, 0.4) is 0 Å². The number of hydrogen-bond donors (Lipinski definition) is 1. The van der Waals surface area contributed by atoms with Crippen LogP contribution < -0.4 is 5.32 Å². The van der Waals surface area contributed by atoms with Crippen molar-refractivity contribution in [1.82, 2.24) is 15.1 Å². The summed E-state index contributed by atoms with van der Waals surface area (Å²) in [6.07, 6.45) is 1.07. The number of rotatable bonds is 8. The van der Waals surface area contributed by atoms with E-state index in [0.29, 0.717) is 0 Å². The highest BCUT2D eigenvalue weighted by atomic mass is 16.5. The highest BCUT2D eigenvalue weighted by Gasteiger charge is 2.05. The van der Waals surface area contributed by atoms with Gasteiger partial charge in [-0.1, -0.05) is 0 Å². The van der Waals surface area contributed by atoms with Crippen LogP contribution in [0, 0.1) is 20.8 Å². The number of aryl methyl sites for hydroxylation is 1. The number of aromatic nitrogens is 2. The molecule has 0 fully saturated rings. The number of nitrogens with zero attached hydrogens (tertiary/aromatic N) is 2. The second-order valence-electron chi connectivity index (χ2n) is 4.32. The number of nitrogens with one attached hydrogen (secondary N) is 1. The Morgan fingerprint density at radius 3 is 2.59 bits per heavy atom. The van der Waals surface area contributed by atoms with Crippen LogP contribution >= 0.6 is 0 Å². The smallest absolute Gasteiger partial charge is 0.0625 e. The molecule has 0 radical (unpaired) electrons. The van der Waals surface area contributed by atoms with Gasteiger partial charge < -0.3 is 10.1 Å². The molecule has 0 aliphatic carbocycles. The molecular weight excluding hydrogens is 214 g/mol. The van der Waals surface area contributed by atoms with Crippen LogP contribution in [0.4, 0.5) is 0 Å². The fourth-order valence-corrected chi connectivity index (χ4v) is 1.76. The molecule has 1 aromatic heterocycles. The molecule has 0 saturated heterocycles. The molecule has 4 nitrogen and oxygen atoms in total. The molecule has 1 heterocycles. The molecule has 0 aliphatic rings. The van der Waals surface area contributed by atoms with Gasteiger partial charge in [0, 0.05) is 25.5 Å². The lowest BCUT2D eigenvalue weighted by Gasteiger charge is -2.07. The maximum absolute atomic E-state index is 5.28. The van der Waals surface area contributed by atoms with Gasteiger partial charge in [-0.3, -0.25) is 4.68 Å². The predicted octanol–water partition coefficient (Wildman–Crippen LogP) is 1.82. The Morgan fingerprint density at radius 1 is 1.24 bits per heavy atom. The molecule has 0 aromatic carbocycles. The second-order valence-corrected chi connectivity index (χ2v) is 4.32. The molecule has 0 amide bonds. The average Bonchev–Trinajstić information content (AvgIpc) is 2.56. The molecule has 0 spiro atoms. The lowest BCUT2D eigenvalue weighted by Crippen LogP contribution is -2.23. The third kappa shape index (κ3) is 4.48. The largest absolute Gasteiger partial charge is 0.382 e. The van der Waals surface area contributed by atoms with Gasteiger partial charge in [0.15, 0.2) is 0 Å². The Bertz CT molecular complexity index is 334. The van der Waals surface area contributed by atoms with E-state index >= 15 is 0 Å². The third-order valence-electron chi connectivity index (χ3n) is 3.09. The van der Waals surface area contributed by atoms with E-state index in [1.54, 1.807) is 0 Å². The van der Waals surface area contributed by atoms with Crippen molar-refractivity contribution in [3.05, 3.63) is 17.0 Å². The van der Waals surface area contributed by atoms with Gasteiger partial charge in [0.1, 0.15) is 0 Å². The van der Waals surface area contributed by atoms with Gasteiger partial charge in [0.05, 0.1) is 12.2 Å². The minimum absolute atomic E-state index is 0.811. The second kappa shape index (κ2) is 7.45. The van der Waals surface area contributed by atoms with Crippen molar-refractivity contribution >= 4 is 0 Å². The molecule has 0 saturated carbocycles. The average molecular weight is 239 g/mol. The van der Waals surface area contributed by atoms with E-state index in [1.165, 1.54) is 11.3 Å². The Morgan fingerprint density at radius 2 is 2.00 bits per heavy atom. The molecule has 0 atom stereocenters. The van der Waals surface area contributed by atoms with Crippen molar-refractivity contribution in [2.24, 2.45) is 0 Å². The number of ether oxygens (including phenoxy) is 1. The van der Waals surface area contributed by atoms with Gasteiger partial charge in [0.25, 0.3) is 0 Å². The van der Waals surface area contributed by atoms with Crippen LogP contribution in [0.1, 0.15) is 30.3 Å². The summed E-state index contributed by atoms with van der Waals surface area (Å²) < 4.78 is 7.36. The van der Waals surface area contributed by atoms with Crippen molar-refractivity contribution in [2.75, 3.05) is 26.3 Å². The van der Waals surface area contributed by atoms with E-state index in [1.807, 2.05) is 6.92 Å². The molecule has 0 bridgehead atoms. The molecule has 0 unspecified atom stereocenters. The Kier molecular flexibility index (Phi) is 6.22. The highest BCUT2D eigenvalue weighted by molar-refractivity contribution is 5.22. The van der Waals surface area contributed by atoms with E-state index < -0.39 is 0 Å². The molecule has 17 heavy (non-hydrogen) atoms. The summed E-state index contributed by atoms with van der Waals surface area (Å²) in [4.78, 5) is 0. The van der Waals surface area contributed by atoms with E-state index in [9.17, 15) is 0 Å². The van der Waals surface area contributed by atoms with Crippen LogP contribution in [0.2, 0.25) is 0 Å². The molecule has 1 aromatic rings. The van der Waals surface area contributed by atoms with Crippen molar-refractivity contribution in [3.63, 3.8) is 0 Å². The van der Waals surface area contributed by atoms with Crippen LogP contribution in [0.15, 0.2) is 0 Å². The summed E-state index contributed by atoms with van der Waals surface area (Å²) in [6, 6.07) is 0. The van der Waals surface area contributed by atoms with Gasteiger partial charge in [0.2, 0.25) is 0 Å². The first-order valence-corrected chi connectivity index (χ1v) is 6.46. The first-order chi connectivity index (χ1) is 8.16. The summed E-state index contributed by atoms with van der Waals surface area (Å²) >= 11 is 0. The third-order valence-corrected chi connectivity index (χ3v) is 3.09. The zero-order valence-corrected chi connectivity index (χ0v) is 11.5. The molecule has 1 rings (SSSR count). The van der Waals surface area contributed by atoms with E-state index in [0.717, 1.165) is 45.0 Å². The zero-order valence-electron chi connectivity index (χ0n) is 11.5. The summed E-state index contributed by atoms with van der Waals surface area (Å²) in [5.74, 6) is 0. The van der Waals surface area contributed by atoms with Crippen LogP contribution in [-0.2, 0) is 11.3 Å². The Labute approximate surface area is 104 Å². The Balaban J connectivity index is 2.16. The summed E-state index contributed by atoms with van der Waals surface area (Å²) in [5.41, 5.74) is 3.72. The van der Waals surface area contributed by atoms with Gasteiger partial charge >= 0.3 is 0 Å². The number of hydrogen-bond acceptors (Lipinski definition) is 3. The standard InChI is InChI=1S/C13H25N3O/c1-5-17-10-6-7-14-8-9-16-13(4)11(2)12(3)15-16/h14H,5-10H2,1-4H3. The predicted molar refractivity (Wildman–Crippen MR) is 70.4 cm³/mol. The van der Waals surface area contributed by atoms with Crippen LogP contribution in [0.5, 0.6) is 0 Å². The topological polar surface area (TPSA) is 39.1 Å². The quantitative estimate of drug-likeness (QED) is 0.703. The summed E-state index contributed by atoms with van der Waals surface area (Å²) in [7, 11) is 0. The lowest BCUT2D eigenvalue weighted by atomic mass is 10.2. The minimum atomic E-state index is 0.811. The maximum Gasteiger partial charge on any atom is 0.0625 e. The van der Waals surface area contributed by atoms with Crippen molar-refractivity contribution in [2.45, 2.75) is 40.7 Å². The van der Waals surface area contributed by atoms with Crippen molar-refractivity contribution in [1.29, 1.82) is 0 Å². The summed E-state index contributed by atoms with van der Waals surface area (Å²) in [5, 5.41) is 7.92. The Hall–Kier alpha value is -0.870. The molecule has 0 aliphatic heterocycles. The molecule has 1 N–H and O–H groups in total. The SMILES string of the molecule is CCOCCCNCCn1nc(C)c(C)c1C. The summed E-state index contributed by atoms with van der Waals surface area (Å²) in [6.45, 7) is 12.9. The molecule has 98 valence electrons. The normalized spacial score (nSPS) is 11.1. The zero-order chi connectivity index (χ0) is 12.7. The fraction of sp³-hybridized carbons (Fsp3) is 0.769. The van der Waals surface area contributed by atoms with E-state index in [-0.39, 0.29) is 0 Å². The lowest BCUT2D eigenvalue weighted by molar-refractivity contribution is 0.144. The first kappa shape index (κ1) is 14.2. The van der Waals surface area contributed by atoms with Gasteiger partial charge in [-0.15, -0.1) is 0 Å². The highest BCUT2D eigenvalue weighted by Crippen LogP contribution is 2.10. The maximum atomic E-state index is 5.28. The van der Waals surface area contributed by atoms with Gasteiger partial charge in [-0.25, -0.2) is 0 Å². The monoisotopic (exact) mass is 239 g/mol. The van der Waals surface area contributed by atoms with Crippen molar-refractivity contribution in [3.8, 4) is 0 Å².